The van der Waals surface area contributed by atoms with Gasteiger partial charge in [-0.2, -0.15) is 0 Å². The van der Waals surface area contributed by atoms with Crippen LogP contribution in [0.15, 0.2) is 24.3 Å². The molecule has 0 spiro atoms. The minimum atomic E-state index is -0.174. The molecular formula is C24H32ClN3O2. The summed E-state index contributed by atoms with van der Waals surface area (Å²) in [7, 11) is 0. The summed E-state index contributed by atoms with van der Waals surface area (Å²) >= 11 is 5.96. The lowest BCUT2D eigenvalue weighted by atomic mass is 9.49. The van der Waals surface area contributed by atoms with Crippen molar-refractivity contribution >= 4 is 23.4 Å². The normalized spacial score (nSPS) is 33.0. The van der Waals surface area contributed by atoms with Crippen LogP contribution in [0.4, 0.5) is 0 Å². The highest BCUT2D eigenvalue weighted by atomic mass is 35.5. The highest BCUT2D eigenvalue weighted by Gasteiger charge is 2.54. The van der Waals surface area contributed by atoms with E-state index in [1.165, 1.54) is 24.8 Å². The molecule has 5 aliphatic rings. The molecule has 5 fully saturated rings. The topological polar surface area (TPSA) is 52.7 Å². The number of carbonyl (C=O) groups is 2. The minimum absolute atomic E-state index is 0.0548. The molecule has 1 saturated heterocycles. The number of nitrogens with zero attached hydrogens (tertiary/aromatic N) is 2. The van der Waals surface area contributed by atoms with Crippen molar-refractivity contribution in [2.75, 3.05) is 32.7 Å². The molecular weight excluding hydrogens is 398 g/mol. The van der Waals surface area contributed by atoms with Crippen LogP contribution in [0.25, 0.3) is 0 Å². The van der Waals surface area contributed by atoms with Crippen molar-refractivity contribution in [3.05, 3.63) is 34.9 Å². The molecule has 4 saturated carbocycles. The number of hydrogen-bond donors (Lipinski definition) is 1. The number of carbonyl (C=O) groups excluding carboxylic acids is 2. The Morgan fingerprint density at radius 2 is 1.50 bits per heavy atom. The summed E-state index contributed by atoms with van der Waals surface area (Å²) in [5.74, 6) is 2.43. The molecule has 1 aromatic carbocycles. The van der Waals surface area contributed by atoms with Gasteiger partial charge in [-0.3, -0.25) is 14.5 Å². The largest absolute Gasteiger partial charge is 0.347 e. The fourth-order valence-corrected chi connectivity index (χ4v) is 6.97. The smallest absolute Gasteiger partial charge is 0.242 e. The third-order valence-electron chi connectivity index (χ3n) is 7.96. The first kappa shape index (κ1) is 20.3. The van der Waals surface area contributed by atoms with E-state index in [4.69, 9.17) is 11.6 Å². The summed E-state index contributed by atoms with van der Waals surface area (Å²) in [5.41, 5.74) is 1.06. The van der Waals surface area contributed by atoms with Gasteiger partial charge in [0.25, 0.3) is 0 Å². The summed E-state index contributed by atoms with van der Waals surface area (Å²) in [6.07, 6.45) is 7.11. The average molecular weight is 430 g/mol. The quantitative estimate of drug-likeness (QED) is 0.781. The van der Waals surface area contributed by atoms with Crippen LogP contribution in [0, 0.1) is 23.2 Å². The summed E-state index contributed by atoms with van der Waals surface area (Å²) in [4.78, 5) is 30.0. The van der Waals surface area contributed by atoms with Crippen molar-refractivity contribution in [3.63, 3.8) is 0 Å². The van der Waals surface area contributed by atoms with Gasteiger partial charge in [0.05, 0.1) is 6.54 Å². The van der Waals surface area contributed by atoms with Crippen LogP contribution in [0.5, 0.6) is 0 Å². The molecule has 4 bridgehead atoms. The molecule has 4 aliphatic carbocycles. The van der Waals surface area contributed by atoms with Gasteiger partial charge >= 0.3 is 0 Å². The first-order valence-corrected chi connectivity index (χ1v) is 11.9. The van der Waals surface area contributed by atoms with Crippen LogP contribution >= 0.6 is 11.6 Å². The molecule has 6 heteroatoms. The molecule has 5 nitrogen and oxygen atoms in total. The molecule has 0 atom stereocenters. The van der Waals surface area contributed by atoms with E-state index < -0.39 is 0 Å². The van der Waals surface area contributed by atoms with Gasteiger partial charge in [0.15, 0.2) is 0 Å². The fourth-order valence-electron chi connectivity index (χ4n) is 6.85. The molecule has 1 aromatic rings. The van der Waals surface area contributed by atoms with E-state index in [1.54, 1.807) is 0 Å². The lowest BCUT2D eigenvalue weighted by molar-refractivity contribution is -0.148. The van der Waals surface area contributed by atoms with Crippen molar-refractivity contribution in [1.29, 1.82) is 0 Å². The summed E-state index contributed by atoms with van der Waals surface area (Å²) in [6.45, 7) is 4.19. The highest BCUT2D eigenvalue weighted by Crippen LogP contribution is 2.60. The van der Waals surface area contributed by atoms with E-state index in [0.717, 1.165) is 74.8 Å². The molecule has 30 heavy (non-hydrogen) atoms. The zero-order valence-electron chi connectivity index (χ0n) is 17.6. The third-order valence-corrected chi connectivity index (χ3v) is 8.22. The first-order chi connectivity index (χ1) is 14.5. The highest BCUT2D eigenvalue weighted by molar-refractivity contribution is 6.30. The first-order valence-electron chi connectivity index (χ1n) is 11.5. The summed E-state index contributed by atoms with van der Waals surface area (Å²) in [6, 6.07) is 7.95. The van der Waals surface area contributed by atoms with Gasteiger partial charge in [-0.25, -0.2) is 0 Å². The van der Waals surface area contributed by atoms with Crippen LogP contribution in [-0.4, -0.2) is 54.3 Å². The van der Waals surface area contributed by atoms with Crippen molar-refractivity contribution in [2.45, 2.75) is 45.1 Å². The van der Waals surface area contributed by atoms with Crippen molar-refractivity contribution in [3.8, 4) is 0 Å². The Labute approximate surface area is 184 Å². The Kier molecular flexibility index (Phi) is 5.53. The Hall–Kier alpha value is -1.59. The molecule has 0 aromatic heterocycles. The molecule has 0 unspecified atom stereocenters. The van der Waals surface area contributed by atoms with Crippen LogP contribution in [-0.2, 0) is 16.1 Å². The molecule has 1 N–H and O–H groups in total. The molecule has 1 aliphatic heterocycles. The van der Waals surface area contributed by atoms with Crippen LogP contribution in [0.1, 0.15) is 44.1 Å². The predicted octanol–water partition coefficient (Wildman–Crippen LogP) is 3.32. The second-order valence-electron chi connectivity index (χ2n) is 10.2. The van der Waals surface area contributed by atoms with Gasteiger partial charge in [0, 0.05) is 43.2 Å². The minimum Gasteiger partial charge on any atom is -0.347 e. The van der Waals surface area contributed by atoms with Crippen molar-refractivity contribution in [2.24, 2.45) is 23.2 Å². The number of halogens is 1. The summed E-state index contributed by atoms with van der Waals surface area (Å²) in [5, 5.41) is 3.79. The number of nitrogens with one attached hydrogen (secondary N) is 1. The standard InChI is InChI=1S/C24H32ClN3O2/c25-21-3-1-17(2-4-21)16-27-5-7-28(8-6-27)22(29)15-26-23(30)24-12-18-9-19(13-24)11-20(10-18)14-24/h1-4,18-20H,5-16H2,(H,26,30). The SMILES string of the molecule is O=C(CNC(=O)C12CC3CC(CC(C3)C1)C2)N1CCN(Cc2ccc(Cl)cc2)CC1. The maximum Gasteiger partial charge on any atom is 0.242 e. The summed E-state index contributed by atoms with van der Waals surface area (Å²) < 4.78 is 0. The predicted molar refractivity (Wildman–Crippen MR) is 117 cm³/mol. The maximum atomic E-state index is 13.1. The van der Waals surface area contributed by atoms with E-state index in [9.17, 15) is 9.59 Å². The fraction of sp³-hybridized carbons (Fsp3) is 0.667. The lowest BCUT2D eigenvalue weighted by Crippen LogP contribution is -2.55. The Balaban J connectivity index is 1.08. The van der Waals surface area contributed by atoms with Gasteiger partial charge in [-0.1, -0.05) is 23.7 Å². The number of benzene rings is 1. The van der Waals surface area contributed by atoms with Gasteiger partial charge in [0.1, 0.15) is 0 Å². The van der Waals surface area contributed by atoms with E-state index in [2.05, 4.69) is 22.3 Å². The second-order valence-corrected chi connectivity index (χ2v) is 10.6. The Morgan fingerprint density at radius 3 is 2.07 bits per heavy atom. The average Bonchev–Trinajstić information content (AvgIpc) is 2.73. The van der Waals surface area contributed by atoms with Crippen molar-refractivity contribution in [1.82, 2.24) is 15.1 Å². The molecule has 6 rings (SSSR count). The zero-order valence-corrected chi connectivity index (χ0v) is 18.4. The lowest BCUT2D eigenvalue weighted by Gasteiger charge is -2.55. The number of rotatable bonds is 5. The third kappa shape index (κ3) is 4.11. The van der Waals surface area contributed by atoms with Gasteiger partial charge < -0.3 is 10.2 Å². The van der Waals surface area contributed by atoms with E-state index in [1.807, 2.05) is 17.0 Å². The van der Waals surface area contributed by atoms with Crippen molar-refractivity contribution < 1.29 is 9.59 Å². The van der Waals surface area contributed by atoms with Gasteiger partial charge in [-0.05, 0) is 74.0 Å². The van der Waals surface area contributed by atoms with Crippen LogP contribution < -0.4 is 5.32 Å². The van der Waals surface area contributed by atoms with E-state index in [0.29, 0.717) is 0 Å². The Bertz CT molecular complexity index is 766. The molecule has 2 amide bonds. The number of amides is 2. The second kappa shape index (κ2) is 8.16. The Morgan fingerprint density at radius 1 is 0.933 bits per heavy atom. The van der Waals surface area contributed by atoms with Crippen LogP contribution in [0.2, 0.25) is 5.02 Å². The zero-order chi connectivity index (χ0) is 20.7. The molecule has 162 valence electrons. The number of hydrogen-bond acceptors (Lipinski definition) is 3. The van der Waals surface area contributed by atoms with Gasteiger partial charge in [0.2, 0.25) is 11.8 Å². The molecule has 0 radical (unpaired) electrons. The number of piperazine rings is 1. The van der Waals surface area contributed by atoms with E-state index >= 15 is 0 Å². The molecule has 1 heterocycles. The monoisotopic (exact) mass is 429 g/mol. The van der Waals surface area contributed by atoms with E-state index in [-0.39, 0.29) is 23.8 Å². The maximum absolute atomic E-state index is 13.1. The van der Waals surface area contributed by atoms with Crippen LogP contribution in [0.3, 0.4) is 0 Å². The van der Waals surface area contributed by atoms with Gasteiger partial charge in [-0.15, -0.1) is 0 Å².